The minimum Gasteiger partial charge on any atom is -0.495 e. The van der Waals surface area contributed by atoms with Crippen LogP contribution in [0.25, 0.3) is 27.2 Å². The van der Waals surface area contributed by atoms with Gasteiger partial charge in [-0.15, -0.1) is 0 Å². The van der Waals surface area contributed by atoms with Crippen LogP contribution in [-0.4, -0.2) is 57.1 Å². The molecule has 6 rings (SSSR count). The van der Waals surface area contributed by atoms with Gasteiger partial charge in [0.2, 0.25) is 5.88 Å². The summed E-state index contributed by atoms with van der Waals surface area (Å²) in [5, 5.41) is 17.6. The van der Waals surface area contributed by atoms with Crippen molar-refractivity contribution in [2.45, 2.75) is 50.5 Å². The zero-order valence-corrected chi connectivity index (χ0v) is 28.4. The summed E-state index contributed by atoms with van der Waals surface area (Å²) in [5.41, 5.74) is 2.03. The third kappa shape index (κ3) is 5.92. The van der Waals surface area contributed by atoms with E-state index in [-0.39, 0.29) is 22.3 Å². The van der Waals surface area contributed by atoms with Gasteiger partial charge in [0.25, 0.3) is 10.0 Å². The van der Waals surface area contributed by atoms with Crippen LogP contribution in [0.3, 0.4) is 0 Å². The van der Waals surface area contributed by atoms with Gasteiger partial charge in [0.05, 0.1) is 43.9 Å². The molecular formula is C36H39N3O8S. The third-order valence-electron chi connectivity index (χ3n) is 8.62. The van der Waals surface area contributed by atoms with E-state index in [1.165, 1.54) is 26.4 Å². The van der Waals surface area contributed by atoms with Gasteiger partial charge >= 0.3 is 6.03 Å². The highest BCUT2D eigenvalue weighted by Gasteiger charge is 2.44. The predicted molar refractivity (Wildman–Crippen MR) is 184 cm³/mol. The Bertz CT molecular complexity index is 2110. The first-order valence-corrected chi connectivity index (χ1v) is 17.2. The Labute approximate surface area is 279 Å². The van der Waals surface area contributed by atoms with Gasteiger partial charge in [-0.25, -0.2) is 17.9 Å². The fourth-order valence-corrected chi connectivity index (χ4v) is 7.56. The summed E-state index contributed by atoms with van der Waals surface area (Å²) in [7, 11) is -1.61. The Morgan fingerprint density at radius 1 is 0.896 bits per heavy atom. The third-order valence-corrected chi connectivity index (χ3v) is 10.0. The van der Waals surface area contributed by atoms with Gasteiger partial charge in [-0.2, -0.15) is 0 Å². The first kappa shape index (κ1) is 32.8. The maximum Gasteiger partial charge on any atom is 0.329 e. The number of hydrogen-bond acceptors (Lipinski definition) is 8. The average molecular weight is 674 g/mol. The molecule has 11 nitrogen and oxygen atoms in total. The lowest BCUT2D eigenvalue weighted by Crippen LogP contribution is -2.46. The first-order chi connectivity index (χ1) is 23.1. The number of nitrogens with one attached hydrogen (secondary N) is 2. The summed E-state index contributed by atoms with van der Waals surface area (Å²) in [6.07, 6.45) is 3.75. The number of methoxy groups -OCH3 is 2. The van der Waals surface area contributed by atoms with E-state index in [9.17, 15) is 18.3 Å². The molecule has 1 fully saturated rings. The number of aromatic nitrogens is 1. The van der Waals surface area contributed by atoms with Crippen molar-refractivity contribution < 1.29 is 37.3 Å². The maximum atomic E-state index is 13.2. The predicted octanol–water partition coefficient (Wildman–Crippen LogP) is 6.38. The zero-order valence-electron chi connectivity index (χ0n) is 27.5. The largest absolute Gasteiger partial charge is 0.495 e. The molecule has 48 heavy (non-hydrogen) atoms. The number of aryl methyl sites for hydroxylation is 1. The highest BCUT2D eigenvalue weighted by Crippen LogP contribution is 2.48. The molecule has 0 bridgehead atoms. The number of fused-ring (bicyclic) bond motifs is 2. The highest BCUT2D eigenvalue weighted by atomic mass is 32.2. The number of aromatic hydroxyl groups is 1. The van der Waals surface area contributed by atoms with Crippen molar-refractivity contribution in [3.63, 3.8) is 0 Å². The molecule has 2 amide bonds. The quantitative estimate of drug-likeness (QED) is 0.139. The number of carbonyl (C=O) groups excluding carboxylic acids is 1. The van der Waals surface area contributed by atoms with E-state index in [2.05, 4.69) is 10.0 Å². The SMILES string of the molecule is CCOc1c2ccccc2c(OCC)c2c(O)n(-c3ccc(CC4(NC(=O)NS(=O)(=O)c5c(OC)cccc5OC)CC4)cc3C)cc12. The number of carbonyl (C=O) groups is 1. The first-order valence-electron chi connectivity index (χ1n) is 15.8. The molecule has 1 aromatic heterocycles. The van der Waals surface area contributed by atoms with Crippen LogP contribution >= 0.6 is 0 Å². The number of amides is 2. The van der Waals surface area contributed by atoms with Crippen molar-refractivity contribution in [1.82, 2.24) is 14.6 Å². The standard InChI is InChI=1S/C36H39N3O8S/c1-6-46-31-24-11-8-9-12-25(24)32(47-7-2)30-26(31)21-39(34(30)40)27-16-15-23(19-22(27)3)20-36(17-18-36)37-35(41)38-48(42,43)33-28(44-4)13-10-14-29(33)45-5/h8-16,19,21,40H,6-7,17-18,20H2,1-5H3,(H2,37,38,41). The summed E-state index contributed by atoms with van der Waals surface area (Å²) in [4.78, 5) is 12.8. The lowest BCUT2D eigenvalue weighted by molar-refractivity contribution is 0.240. The summed E-state index contributed by atoms with van der Waals surface area (Å²) in [6.45, 7) is 6.69. The van der Waals surface area contributed by atoms with Crippen LogP contribution in [0.1, 0.15) is 37.8 Å². The lowest BCUT2D eigenvalue weighted by Gasteiger charge is -2.20. The minimum absolute atomic E-state index is 0.0425. The molecule has 0 saturated heterocycles. The Hall–Kier alpha value is -5.10. The fourth-order valence-electron chi connectivity index (χ4n) is 6.34. The van der Waals surface area contributed by atoms with E-state index >= 15 is 0 Å². The molecule has 0 aliphatic heterocycles. The van der Waals surface area contributed by atoms with E-state index in [4.69, 9.17) is 18.9 Å². The molecule has 3 N–H and O–H groups in total. The van der Waals surface area contributed by atoms with Crippen LogP contribution in [0, 0.1) is 6.92 Å². The molecule has 0 spiro atoms. The molecule has 0 radical (unpaired) electrons. The minimum atomic E-state index is -4.30. The molecular weight excluding hydrogens is 634 g/mol. The van der Waals surface area contributed by atoms with Crippen molar-refractivity contribution in [2.24, 2.45) is 0 Å². The zero-order chi connectivity index (χ0) is 34.2. The van der Waals surface area contributed by atoms with Gasteiger partial charge in [-0.1, -0.05) is 42.5 Å². The van der Waals surface area contributed by atoms with Crippen molar-refractivity contribution in [1.29, 1.82) is 0 Å². The topological polar surface area (TPSA) is 137 Å². The van der Waals surface area contributed by atoms with Gasteiger partial charge in [0.15, 0.2) is 4.90 Å². The Morgan fingerprint density at radius 2 is 1.52 bits per heavy atom. The number of urea groups is 1. The fraction of sp³-hybridized carbons (Fsp3) is 0.306. The molecule has 1 aliphatic rings. The summed E-state index contributed by atoms with van der Waals surface area (Å²) < 4.78 is 52.9. The highest BCUT2D eigenvalue weighted by molar-refractivity contribution is 7.90. The van der Waals surface area contributed by atoms with Crippen molar-refractivity contribution in [2.75, 3.05) is 27.4 Å². The van der Waals surface area contributed by atoms with E-state index in [0.29, 0.717) is 49.4 Å². The van der Waals surface area contributed by atoms with Crippen LogP contribution in [0.2, 0.25) is 0 Å². The molecule has 1 heterocycles. The molecule has 12 heteroatoms. The van der Waals surface area contributed by atoms with Gasteiger partial charge in [0.1, 0.15) is 23.0 Å². The molecule has 0 atom stereocenters. The van der Waals surface area contributed by atoms with Crippen LogP contribution in [0.5, 0.6) is 28.9 Å². The van der Waals surface area contributed by atoms with E-state index in [0.717, 1.165) is 33.0 Å². The van der Waals surface area contributed by atoms with E-state index < -0.39 is 21.6 Å². The summed E-state index contributed by atoms with van der Waals surface area (Å²) in [5.74, 6) is 1.44. The van der Waals surface area contributed by atoms with Crippen molar-refractivity contribution in [3.05, 3.63) is 78.0 Å². The monoisotopic (exact) mass is 673 g/mol. The van der Waals surface area contributed by atoms with Gasteiger partial charge in [-0.05, 0) is 69.4 Å². The molecule has 1 saturated carbocycles. The number of ether oxygens (including phenoxy) is 4. The molecule has 5 aromatic rings. The summed E-state index contributed by atoms with van der Waals surface area (Å²) >= 11 is 0. The normalized spacial score (nSPS) is 13.7. The van der Waals surface area contributed by atoms with Crippen LogP contribution in [-0.2, 0) is 16.4 Å². The number of sulfonamides is 1. The number of hydrogen-bond donors (Lipinski definition) is 3. The van der Waals surface area contributed by atoms with E-state index in [1.807, 2.05) is 69.4 Å². The number of rotatable bonds is 12. The average Bonchev–Trinajstić information content (AvgIpc) is 3.73. The van der Waals surface area contributed by atoms with Crippen molar-refractivity contribution in [3.8, 4) is 34.6 Å². The molecule has 252 valence electrons. The second kappa shape index (κ2) is 12.8. The second-order valence-electron chi connectivity index (χ2n) is 11.8. The van der Waals surface area contributed by atoms with Crippen LogP contribution in [0.15, 0.2) is 71.8 Å². The summed E-state index contributed by atoms with van der Waals surface area (Å²) in [6, 6.07) is 17.5. The van der Waals surface area contributed by atoms with Crippen LogP contribution < -0.4 is 29.0 Å². The van der Waals surface area contributed by atoms with E-state index in [1.54, 1.807) is 10.6 Å². The number of nitrogens with zero attached hydrogens (tertiary/aromatic N) is 1. The second-order valence-corrected chi connectivity index (χ2v) is 13.4. The van der Waals surface area contributed by atoms with Gasteiger partial charge in [-0.3, -0.25) is 4.57 Å². The van der Waals surface area contributed by atoms with Gasteiger partial charge in [0, 0.05) is 22.5 Å². The maximum absolute atomic E-state index is 13.2. The smallest absolute Gasteiger partial charge is 0.329 e. The van der Waals surface area contributed by atoms with Crippen molar-refractivity contribution >= 4 is 37.6 Å². The van der Waals surface area contributed by atoms with Gasteiger partial charge < -0.3 is 29.4 Å². The Morgan fingerprint density at radius 3 is 2.10 bits per heavy atom. The molecule has 0 unspecified atom stereocenters. The lowest BCUT2D eigenvalue weighted by atomic mass is 10.0. The molecule has 1 aliphatic carbocycles. The Balaban J connectivity index is 1.27. The number of benzene rings is 4. The van der Waals surface area contributed by atoms with Crippen LogP contribution in [0.4, 0.5) is 4.79 Å². The Kier molecular flexibility index (Phi) is 8.78. The molecule has 4 aromatic carbocycles.